The van der Waals surface area contributed by atoms with Gasteiger partial charge in [-0.1, -0.05) is 78.9 Å². The van der Waals surface area contributed by atoms with Crippen LogP contribution in [0.3, 0.4) is 0 Å². The number of pyridine rings is 1. The maximum absolute atomic E-state index is 4.85. The second kappa shape index (κ2) is 8.69. The summed E-state index contributed by atoms with van der Waals surface area (Å²) in [4.78, 5) is 4.85. The Kier molecular flexibility index (Phi) is 4.95. The fraction of sp³-hybridized carbons (Fsp3) is 0.0541. The second-order valence-corrected chi connectivity index (χ2v) is 10.5. The fourth-order valence-corrected chi connectivity index (χ4v) is 6.61. The van der Waals surface area contributed by atoms with Crippen molar-refractivity contribution in [3.8, 4) is 22.6 Å². The second-order valence-electron chi connectivity index (χ2n) is 10.5. The van der Waals surface area contributed by atoms with Crippen LogP contribution in [-0.4, -0.2) is 14.1 Å². The Morgan fingerprint density at radius 1 is 0.450 bits per heavy atom. The largest absolute Gasteiger partial charge is 0.309 e. The van der Waals surface area contributed by atoms with Crippen molar-refractivity contribution >= 4 is 43.6 Å². The molecular weight excluding hydrogens is 486 g/mol. The van der Waals surface area contributed by atoms with Crippen molar-refractivity contribution in [1.82, 2.24) is 14.1 Å². The number of benzene rings is 5. The summed E-state index contributed by atoms with van der Waals surface area (Å²) in [7, 11) is 0. The van der Waals surface area contributed by atoms with Crippen LogP contribution in [0.25, 0.3) is 66.2 Å². The van der Waals surface area contributed by atoms with Gasteiger partial charge in [0.25, 0.3) is 0 Å². The van der Waals surface area contributed by atoms with E-state index in [1.54, 1.807) is 0 Å². The lowest BCUT2D eigenvalue weighted by molar-refractivity contribution is 1.09. The first kappa shape index (κ1) is 22.8. The van der Waals surface area contributed by atoms with Crippen LogP contribution < -0.4 is 0 Å². The fourth-order valence-electron chi connectivity index (χ4n) is 6.61. The van der Waals surface area contributed by atoms with Gasteiger partial charge < -0.3 is 9.13 Å². The van der Waals surface area contributed by atoms with Crippen LogP contribution in [0, 0.1) is 13.8 Å². The van der Waals surface area contributed by atoms with Gasteiger partial charge in [0.1, 0.15) is 0 Å². The summed E-state index contributed by atoms with van der Waals surface area (Å²) >= 11 is 0. The molecular formula is C37H27N3. The highest BCUT2D eigenvalue weighted by Gasteiger charge is 2.22. The summed E-state index contributed by atoms with van der Waals surface area (Å²) in [6.07, 6.45) is 1.89. The average molecular weight is 514 g/mol. The van der Waals surface area contributed by atoms with E-state index in [4.69, 9.17) is 4.98 Å². The van der Waals surface area contributed by atoms with Crippen LogP contribution in [0.2, 0.25) is 0 Å². The molecule has 190 valence electrons. The highest BCUT2D eigenvalue weighted by atomic mass is 15.0. The van der Waals surface area contributed by atoms with Crippen LogP contribution in [0.5, 0.6) is 0 Å². The minimum absolute atomic E-state index is 0.988. The zero-order valence-electron chi connectivity index (χ0n) is 22.5. The Morgan fingerprint density at radius 3 is 1.20 bits per heavy atom. The molecule has 3 nitrogen and oxygen atoms in total. The maximum atomic E-state index is 4.85. The molecule has 0 N–H and O–H groups in total. The molecule has 0 bridgehead atoms. The number of nitrogens with zero attached hydrogens (tertiary/aromatic N) is 3. The average Bonchev–Trinajstić information content (AvgIpc) is 3.51. The van der Waals surface area contributed by atoms with E-state index in [1.165, 1.54) is 71.7 Å². The minimum Gasteiger partial charge on any atom is -0.309 e. The van der Waals surface area contributed by atoms with E-state index in [0.717, 1.165) is 5.69 Å². The van der Waals surface area contributed by atoms with Crippen molar-refractivity contribution in [2.45, 2.75) is 13.8 Å². The molecule has 0 aliphatic rings. The molecule has 0 aliphatic heterocycles. The predicted octanol–water partition coefficient (Wildman–Crippen LogP) is 9.56. The molecule has 0 unspecified atom stereocenters. The van der Waals surface area contributed by atoms with E-state index < -0.39 is 0 Å². The Balaban J connectivity index is 1.57. The summed E-state index contributed by atoms with van der Waals surface area (Å²) < 4.78 is 4.87. The standard InChI is InChI=1S/C37H27N3/c1-24-35(39-31-18-7-3-13-26(31)27-14-4-8-19-32(27)39)23-36(25(2)37(24)30-17-11-12-22-38-30)40-33-20-9-5-15-28(33)29-16-6-10-21-34(29)40/h3-23H,1-2H3. The molecule has 0 saturated carbocycles. The van der Waals surface area contributed by atoms with Crippen LogP contribution in [0.4, 0.5) is 0 Å². The molecule has 5 aromatic carbocycles. The first-order valence-electron chi connectivity index (χ1n) is 13.7. The Labute approximate surface area is 232 Å². The van der Waals surface area contributed by atoms with Crippen molar-refractivity contribution in [2.24, 2.45) is 0 Å². The third-order valence-electron chi connectivity index (χ3n) is 8.35. The number of hydrogen-bond donors (Lipinski definition) is 0. The van der Waals surface area contributed by atoms with Crippen molar-refractivity contribution in [2.75, 3.05) is 0 Å². The summed E-state index contributed by atoms with van der Waals surface area (Å²) in [5.74, 6) is 0. The van der Waals surface area contributed by atoms with Gasteiger partial charge in [0.05, 0.1) is 39.1 Å². The molecule has 0 atom stereocenters. The number of hydrogen-bond acceptors (Lipinski definition) is 1. The molecule has 0 radical (unpaired) electrons. The normalized spacial score (nSPS) is 11.8. The molecule has 0 saturated heterocycles. The maximum Gasteiger partial charge on any atom is 0.0708 e. The summed E-state index contributed by atoms with van der Waals surface area (Å²) in [6, 6.07) is 43.5. The van der Waals surface area contributed by atoms with E-state index in [-0.39, 0.29) is 0 Å². The first-order chi connectivity index (χ1) is 19.7. The molecule has 8 aromatic rings. The van der Waals surface area contributed by atoms with Gasteiger partial charge in [0, 0.05) is 33.3 Å². The van der Waals surface area contributed by atoms with Gasteiger partial charge in [0.2, 0.25) is 0 Å². The molecule has 0 fully saturated rings. The van der Waals surface area contributed by atoms with E-state index >= 15 is 0 Å². The zero-order chi connectivity index (χ0) is 26.8. The van der Waals surface area contributed by atoms with E-state index in [2.05, 4.69) is 138 Å². The Hall–Kier alpha value is -5.15. The lowest BCUT2D eigenvalue weighted by Gasteiger charge is -2.22. The SMILES string of the molecule is Cc1c(-n2c3ccccc3c3ccccc32)cc(-n2c3ccccc3c3ccccc32)c(C)c1-c1ccccn1. The molecule has 40 heavy (non-hydrogen) atoms. The van der Waals surface area contributed by atoms with E-state index in [1.807, 2.05) is 12.3 Å². The Morgan fingerprint density at radius 2 is 0.825 bits per heavy atom. The smallest absolute Gasteiger partial charge is 0.0708 e. The van der Waals surface area contributed by atoms with Gasteiger partial charge in [0.15, 0.2) is 0 Å². The molecule has 3 heteroatoms. The molecule has 8 rings (SSSR count). The monoisotopic (exact) mass is 513 g/mol. The summed E-state index contributed by atoms with van der Waals surface area (Å²) in [6.45, 7) is 4.48. The minimum atomic E-state index is 0.988. The van der Waals surface area contributed by atoms with Crippen molar-refractivity contribution in [3.63, 3.8) is 0 Å². The van der Waals surface area contributed by atoms with Gasteiger partial charge in [-0.05, 0) is 67.4 Å². The van der Waals surface area contributed by atoms with Crippen LogP contribution in [-0.2, 0) is 0 Å². The molecule has 0 aliphatic carbocycles. The van der Waals surface area contributed by atoms with Crippen molar-refractivity contribution in [3.05, 3.63) is 139 Å². The molecule has 0 spiro atoms. The molecule has 0 amide bonds. The van der Waals surface area contributed by atoms with E-state index in [9.17, 15) is 0 Å². The van der Waals surface area contributed by atoms with Gasteiger partial charge in [-0.25, -0.2) is 0 Å². The third kappa shape index (κ3) is 3.15. The first-order valence-corrected chi connectivity index (χ1v) is 13.7. The lowest BCUT2D eigenvalue weighted by atomic mass is 9.95. The number of aromatic nitrogens is 3. The predicted molar refractivity (Wildman–Crippen MR) is 168 cm³/mol. The highest BCUT2D eigenvalue weighted by molar-refractivity contribution is 6.11. The molecule has 3 aromatic heterocycles. The van der Waals surface area contributed by atoms with Gasteiger partial charge in [-0.15, -0.1) is 0 Å². The van der Waals surface area contributed by atoms with E-state index in [0.29, 0.717) is 0 Å². The Bertz CT molecular complexity index is 1990. The van der Waals surface area contributed by atoms with Gasteiger partial charge in [-0.2, -0.15) is 0 Å². The third-order valence-corrected chi connectivity index (χ3v) is 8.35. The number of para-hydroxylation sites is 4. The van der Waals surface area contributed by atoms with Crippen LogP contribution in [0.1, 0.15) is 11.1 Å². The molecule has 3 heterocycles. The van der Waals surface area contributed by atoms with Crippen molar-refractivity contribution in [1.29, 1.82) is 0 Å². The number of rotatable bonds is 3. The number of fused-ring (bicyclic) bond motifs is 6. The quantitative estimate of drug-likeness (QED) is 0.231. The van der Waals surface area contributed by atoms with Crippen LogP contribution in [0.15, 0.2) is 128 Å². The summed E-state index contributed by atoms with van der Waals surface area (Å²) in [5.41, 5.74) is 11.7. The zero-order valence-corrected chi connectivity index (χ0v) is 22.5. The van der Waals surface area contributed by atoms with Gasteiger partial charge in [-0.3, -0.25) is 4.98 Å². The van der Waals surface area contributed by atoms with Gasteiger partial charge >= 0.3 is 0 Å². The topological polar surface area (TPSA) is 22.8 Å². The summed E-state index contributed by atoms with van der Waals surface area (Å²) in [5, 5.41) is 5.04. The van der Waals surface area contributed by atoms with Crippen molar-refractivity contribution < 1.29 is 0 Å². The van der Waals surface area contributed by atoms with Crippen LogP contribution >= 0.6 is 0 Å². The highest BCUT2D eigenvalue weighted by Crippen LogP contribution is 2.41. The lowest BCUT2D eigenvalue weighted by Crippen LogP contribution is -2.06.